The highest BCUT2D eigenvalue weighted by Crippen LogP contribution is 2.29. The van der Waals surface area contributed by atoms with Crippen LogP contribution in [-0.2, 0) is 22.4 Å². The van der Waals surface area contributed by atoms with Crippen LogP contribution >= 0.6 is 0 Å². The average molecular weight is 437 g/mol. The van der Waals surface area contributed by atoms with Crippen LogP contribution < -0.4 is 10.1 Å². The van der Waals surface area contributed by atoms with Crippen molar-refractivity contribution in [3.05, 3.63) is 47.4 Å². The van der Waals surface area contributed by atoms with Gasteiger partial charge in [0.15, 0.2) is 0 Å². The highest BCUT2D eigenvalue weighted by atomic mass is 16.5. The second-order valence-electron chi connectivity index (χ2n) is 8.78. The van der Waals surface area contributed by atoms with Crippen molar-refractivity contribution in [1.82, 2.24) is 20.2 Å². The number of rotatable bonds is 5. The van der Waals surface area contributed by atoms with Crippen molar-refractivity contribution in [2.24, 2.45) is 0 Å². The molecule has 168 valence electrons. The number of esters is 1. The molecule has 2 aromatic rings. The molecule has 1 aliphatic carbocycles. The third-order valence-corrected chi connectivity index (χ3v) is 6.67. The molecule has 1 N–H and O–H groups in total. The molecule has 1 atom stereocenters. The molecule has 8 heteroatoms. The Morgan fingerprint density at radius 2 is 1.94 bits per heavy atom. The minimum Gasteiger partial charge on any atom is -0.466 e. The zero-order chi connectivity index (χ0) is 21.9. The van der Waals surface area contributed by atoms with Gasteiger partial charge < -0.3 is 14.8 Å². The van der Waals surface area contributed by atoms with Crippen molar-refractivity contribution in [1.29, 1.82) is 0 Å². The van der Waals surface area contributed by atoms with Crippen LogP contribution in [0.5, 0.6) is 11.6 Å². The summed E-state index contributed by atoms with van der Waals surface area (Å²) in [7, 11) is 0. The van der Waals surface area contributed by atoms with E-state index in [0.29, 0.717) is 18.9 Å². The fraction of sp³-hybridized carbons (Fsp3) is 0.500. The van der Waals surface area contributed by atoms with Crippen LogP contribution in [0, 0.1) is 0 Å². The summed E-state index contributed by atoms with van der Waals surface area (Å²) in [5.41, 5.74) is 2.91. The molecule has 0 bridgehead atoms. The SMILES string of the molecule is O=C1CC(NC(=O)c2cnc(Oc3ccc4c(c3)CCN(C3CCC3)CC4)cn2)CCO1. The Morgan fingerprint density at radius 1 is 1.09 bits per heavy atom. The van der Waals surface area contributed by atoms with E-state index in [1.165, 1.54) is 42.8 Å². The van der Waals surface area contributed by atoms with Crippen LogP contribution in [0.3, 0.4) is 0 Å². The van der Waals surface area contributed by atoms with Gasteiger partial charge in [0.1, 0.15) is 11.4 Å². The van der Waals surface area contributed by atoms with Gasteiger partial charge in [0, 0.05) is 31.6 Å². The molecule has 2 fully saturated rings. The van der Waals surface area contributed by atoms with E-state index in [-0.39, 0.29) is 30.0 Å². The number of fused-ring (bicyclic) bond motifs is 1. The maximum atomic E-state index is 12.4. The molecule has 5 rings (SSSR count). The molecule has 1 saturated carbocycles. The predicted molar refractivity (Wildman–Crippen MR) is 117 cm³/mol. The van der Waals surface area contributed by atoms with E-state index in [9.17, 15) is 9.59 Å². The maximum Gasteiger partial charge on any atom is 0.307 e. The Morgan fingerprint density at radius 3 is 2.66 bits per heavy atom. The van der Waals surface area contributed by atoms with Crippen LogP contribution in [0.2, 0.25) is 0 Å². The summed E-state index contributed by atoms with van der Waals surface area (Å²) >= 11 is 0. The van der Waals surface area contributed by atoms with Crippen molar-refractivity contribution in [2.45, 2.75) is 57.0 Å². The van der Waals surface area contributed by atoms with Crippen molar-refractivity contribution < 1.29 is 19.1 Å². The molecule has 2 aliphatic heterocycles. The summed E-state index contributed by atoms with van der Waals surface area (Å²) in [4.78, 5) is 34.8. The summed E-state index contributed by atoms with van der Waals surface area (Å²) in [5.74, 6) is 0.415. The lowest BCUT2D eigenvalue weighted by atomic mass is 9.91. The number of carbonyl (C=O) groups is 2. The van der Waals surface area contributed by atoms with Gasteiger partial charge in [-0.2, -0.15) is 0 Å². The fourth-order valence-electron chi connectivity index (χ4n) is 4.57. The first-order valence-electron chi connectivity index (χ1n) is 11.5. The van der Waals surface area contributed by atoms with Gasteiger partial charge >= 0.3 is 5.97 Å². The molecule has 1 aromatic carbocycles. The van der Waals surface area contributed by atoms with Gasteiger partial charge in [-0.3, -0.25) is 14.5 Å². The number of nitrogens with one attached hydrogen (secondary N) is 1. The molecule has 3 aliphatic rings. The fourth-order valence-corrected chi connectivity index (χ4v) is 4.57. The first-order valence-corrected chi connectivity index (χ1v) is 11.5. The van der Waals surface area contributed by atoms with Gasteiger partial charge in [-0.25, -0.2) is 9.97 Å². The van der Waals surface area contributed by atoms with Crippen LogP contribution in [0.15, 0.2) is 30.6 Å². The third-order valence-electron chi connectivity index (χ3n) is 6.67. The van der Waals surface area contributed by atoms with E-state index in [1.807, 2.05) is 6.07 Å². The van der Waals surface area contributed by atoms with E-state index < -0.39 is 0 Å². The number of aromatic nitrogens is 2. The van der Waals surface area contributed by atoms with Gasteiger partial charge in [0.2, 0.25) is 5.88 Å². The molecule has 8 nitrogen and oxygen atoms in total. The first kappa shape index (κ1) is 20.9. The van der Waals surface area contributed by atoms with Gasteiger partial charge in [0.25, 0.3) is 5.91 Å². The highest BCUT2D eigenvalue weighted by Gasteiger charge is 2.26. The number of hydrogen-bond acceptors (Lipinski definition) is 7. The number of ether oxygens (including phenoxy) is 2. The van der Waals surface area contributed by atoms with Crippen LogP contribution in [0.4, 0.5) is 0 Å². The Bertz CT molecular complexity index is 990. The van der Waals surface area contributed by atoms with Crippen LogP contribution in [0.1, 0.15) is 53.7 Å². The van der Waals surface area contributed by atoms with Gasteiger partial charge in [-0.05, 0) is 48.9 Å². The number of amides is 1. The summed E-state index contributed by atoms with van der Waals surface area (Å²) in [6.45, 7) is 2.56. The Hall–Kier alpha value is -3.00. The second kappa shape index (κ2) is 9.24. The third kappa shape index (κ3) is 4.75. The Balaban J connectivity index is 1.19. The maximum absolute atomic E-state index is 12.4. The van der Waals surface area contributed by atoms with Crippen LogP contribution in [0.25, 0.3) is 0 Å². The monoisotopic (exact) mass is 436 g/mol. The largest absolute Gasteiger partial charge is 0.466 e. The van der Waals surface area contributed by atoms with Crippen molar-refractivity contribution in [3.63, 3.8) is 0 Å². The lowest BCUT2D eigenvalue weighted by molar-refractivity contribution is -0.147. The summed E-state index contributed by atoms with van der Waals surface area (Å²) < 4.78 is 10.8. The highest BCUT2D eigenvalue weighted by molar-refractivity contribution is 5.92. The average Bonchev–Trinajstić information content (AvgIpc) is 2.96. The standard InChI is InChI=1S/C24H28N4O4/c29-23-13-18(8-11-31-23)27-24(30)21-14-26-22(15-25-21)32-20-5-4-16-6-9-28(19-2-1-3-19)10-7-17(16)12-20/h4-5,12,14-15,18-19H,1-3,6-11,13H2,(H,27,30). The topological polar surface area (TPSA) is 93.7 Å². The van der Waals surface area contributed by atoms with Crippen molar-refractivity contribution >= 4 is 11.9 Å². The van der Waals surface area contributed by atoms with Gasteiger partial charge in [-0.1, -0.05) is 12.5 Å². The molecule has 3 heterocycles. The predicted octanol–water partition coefficient (Wildman–Crippen LogP) is 2.66. The zero-order valence-electron chi connectivity index (χ0n) is 18.1. The minimum atomic E-state index is -0.357. The molecule has 1 unspecified atom stereocenters. The number of cyclic esters (lactones) is 1. The minimum absolute atomic E-state index is 0.178. The molecule has 0 spiro atoms. The molecule has 0 radical (unpaired) electrons. The summed E-state index contributed by atoms with van der Waals surface area (Å²) in [6.07, 6.45) is 9.77. The molecule has 1 amide bonds. The summed E-state index contributed by atoms with van der Waals surface area (Å²) in [6, 6.07) is 6.77. The van der Waals surface area contributed by atoms with E-state index in [0.717, 1.165) is 37.7 Å². The van der Waals surface area contributed by atoms with Crippen molar-refractivity contribution in [2.75, 3.05) is 19.7 Å². The molecule has 1 aromatic heterocycles. The Labute approximate surface area is 187 Å². The van der Waals surface area contributed by atoms with Crippen molar-refractivity contribution in [3.8, 4) is 11.6 Å². The van der Waals surface area contributed by atoms with E-state index in [4.69, 9.17) is 9.47 Å². The first-order chi connectivity index (χ1) is 15.6. The summed E-state index contributed by atoms with van der Waals surface area (Å²) in [5, 5.41) is 2.81. The molecular weight excluding hydrogens is 408 g/mol. The number of hydrogen-bond donors (Lipinski definition) is 1. The smallest absolute Gasteiger partial charge is 0.307 e. The second-order valence-corrected chi connectivity index (χ2v) is 8.78. The van der Waals surface area contributed by atoms with Crippen LogP contribution in [-0.4, -0.2) is 58.5 Å². The zero-order valence-corrected chi connectivity index (χ0v) is 18.1. The van der Waals surface area contributed by atoms with Gasteiger partial charge in [-0.15, -0.1) is 0 Å². The normalized spacial score (nSPS) is 21.6. The number of benzene rings is 1. The van der Waals surface area contributed by atoms with E-state index in [1.54, 1.807) is 0 Å². The lowest BCUT2D eigenvalue weighted by Crippen LogP contribution is -2.41. The molecule has 32 heavy (non-hydrogen) atoms. The van der Waals surface area contributed by atoms with E-state index >= 15 is 0 Å². The Kier molecular flexibility index (Phi) is 6.03. The molecular formula is C24H28N4O4. The molecule has 1 saturated heterocycles. The quantitative estimate of drug-likeness (QED) is 0.720. The van der Waals surface area contributed by atoms with E-state index in [2.05, 4.69) is 32.3 Å². The number of carbonyl (C=O) groups excluding carboxylic acids is 2. The number of nitrogens with zero attached hydrogens (tertiary/aromatic N) is 3. The lowest BCUT2D eigenvalue weighted by Gasteiger charge is -2.36. The van der Waals surface area contributed by atoms with Gasteiger partial charge in [0.05, 0.1) is 25.4 Å².